The second-order valence-corrected chi connectivity index (χ2v) is 5.49. The summed E-state index contributed by atoms with van der Waals surface area (Å²) >= 11 is 0.243. The summed E-state index contributed by atoms with van der Waals surface area (Å²) in [5.74, 6) is 0.543. The van der Waals surface area contributed by atoms with E-state index in [0.717, 1.165) is 0 Å². The third kappa shape index (κ3) is 3.54. The van der Waals surface area contributed by atoms with Crippen molar-refractivity contribution in [3.63, 3.8) is 0 Å². The number of anilines is 2. The Morgan fingerprint density at radius 2 is 1.88 bits per heavy atom. The van der Waals surface area contributed by atoms with Crippen LogP contribution in [0.15, 0.2) is 47.1 Å². The quantitative estimate of drug-likeness (QED) is 0.728. The minimum atomic E-state index is -4.60. The molecule has 24 heavy (non-hydrogen) atoms. The van der Waals surface area contributed by atoms with Crippen molar-refractivity contribution < 1.29 is 22.4 Å². The number of para-hydroxylation sites is 1. The van der Waals surface area contributed by atoms with Crippen LogP contribution >= 0.6 is 11.3 Å². The van der Waals surface area contributed by atoms with Crippen molar-refractivity contribution in [2.24, 2.45) is 0 Å². The maximum atomic E-state index is 12.5. The molecular formula is C14H9F3N4O2S. The maximum absolute atomic E-state index is 12.5. The highest BCUT2D eigenvalue weighted by Gasteiger charge is 2.35. The molecule has 1 aromatic carbocycles. The average molecular weight is 354 g/mol. The first-order valence-corrected chi connectivity index (χ1v) is 7.37. The third-order valence-corrected chi connectivity index (χ3v) is 3.73. The van der Waals surface area contributed by atoms with Crippen molar-refractivity contribution in [3.05, 3.63) is 47.7 Å². The van der Waals surface area contributed by atoms with E-state index in [9.17, 15) is 18.0 Å². The van der Waals surface area contributed by atoms with Gasteiger partial charge in [-0.15, -0.1) is 10.2 Å². The Hall–Kier alpha value is -2.88. The molecule has 6 nitrogen and oxygen atoms in total. The summed E-state index contributed by atoms with van der Waals surface area (Å²) in [6.45, 7) is 0. The van der Waals surface area contributed by atoms with E-state index in [1.54, 1.807) is 36.4 Å². The largest absolute Gasteiger partial charge is 0.464 e. The fourth-order valence-corrected chi connectivity index (χ4v) is 2.48. The lowest BCUT2D eigenvalue weighted by Gasteiger charge is -2.09. The first kappa shape index (κ1) is 16.0. The molecule has 0 fully saturated rings. The lowest BCUT2D eigenvalue weighted by Crippen LogP contribution is -2.19. The van der Waals surface area contributed by atoms with Gasteiger partial charge in [-0.3, -0.25) is 5.32 Å². The van der Waals surface area contributed by atoms with Gasteiger partial charge in [0.15, 0.2) is 0 Å². The number of nitrogens with zero attached hydrogens (tertiary/aromatic N) is 2. The van der Waals surface area contributed by atoms with Gasteiger partial charge < -0.3 is 9.73 Å². The van der Waals surface area contributed by atoms with Crippen molar-refractivity contribution >= 4 is 28.2 Å². The summed E-state index contributed by atoms with van der Waals surface area (Å²) in [7, 11) is 0. The predicted octanol–water partition coefficient (Wildman–Crippen LogP) is 4.46. The summed E-state index contributed by atoms with van der Waals surface area (Å²) in [6.07, 6.45) is -3.11. The van der Waals surface area contributed by atoms with Crippen LogP contribution < -0.4 is 10.6 Å². The molecule has 124 valence electrons. The molecule has 0 radical (unpaired) electrons. The number of hydrogen-bond donors (Lipinski definition) is 2. The number of nitrogens with one attached hydrogen (secondary N) is 2. The van der Waals surface area contributed by atoms with E-state index >= 15 is 0 Å². The van der Waals surface area contributed by atoms with E-state index in [1.807, 2.05) is 0 Å². The van der Waals surface area contributed by atoms with Crippen LogP contribution in [0.4, 0.5) is 28.8 Å². The molecule has 0 spiro atoms. The molecule has 10 heteroatoms. The van der Waals surface area contributed by atoms with Gasteiger partial charge in [0.1, 0.15) is 5.76 Å². The van der Waals surface area contributed by atoms with Crippen LogP contribution in [-0.4, -0.2) is 16.2 Å². The van der Waals surface area contributed by atoms with E-state index in [0.29, 0.717) is 17.0 Å². The number of furan rings is 1. The van der Waals surface area contributed by atoms with Gasteiger partial charge in [0.05, 0.1) is 12.0 Å². The normalized spacial score (nSPS) is 11.3. The molecule has 0 aliphatic rings. The van der Waals surface area contributed by atoms with Gasteiger partial charge in [0.2, 0.25) is 10.1 Å². The first-order valence-electron chi connectivity index (χ1n) is 6.55. The van der Waals surface area contributed by atoms with Gasteiger partial charge in [-0.2, -0.15) is 13.2 Å². The smallest absolute Gasteiger partial charge is 0.445 e. The molecule has 0 atom stereocenters. The lowest BCUT2D eigenvalue weighted by molar-refractivity contribution is -0.138. The van der Waals surface area contributed by atoms with Crippen molar-refractivity contribution in [2.75, 3.05) is 10.6 Å². The summed E-state index contributed by atoms with van der Waals surface area (Å²) in [5.41, 5.74) is 1.07. The lowest BCUT2D eigenvalue weighted by atomic mass is 10.1. The minimum Gasteiger partial charge on any atom is -0.464 e. The Bertz CT molecular complexity index is 846. The van der Waals surface area contributed by atoms with Gasteiger partial charge in [0, 0.05) is 5.56 Å². The molecule has 2 aromatic heterocycles. The molecule has 0 bridgehead atoms. The standard InChI is InChI=1S/C14H9F3N4O2S/c15-14(16,17)11-20-21-13(24-11)19-12(22)18-9-5-2-1-4-8(9)10-6-3-7-23-10/h1-7H,(H2,18,19,21,22). The number of halogens is 3. The number of rotatable bonds is 3. The highest BCUT2D eigenvalue weighted by molar-refractivity contribution is 7.15. The second-order valence-electron chi connectivity index (χ2n) is 4.51. The van der Waals surface area contributed by atoms with Crippen LogP contribution in [0.1, 0.15) is 5.01 Å². The van der Waals surface area contributed by atoms with Crippen molar-refractivity contribution in [2.45, 2.75) is 6.18 Å². The minimum absolute atomic E-state index is 0.243. The number of carbonyl (C=O) groups excluding carboxylic acids is 1. The number of hydrogen-bond acceptors (Lipinski definition) is 5. The van der Waals surface area contributed by atoms with Gasteiger partial charge in [-0.1, -0.05) is 23.5 Å². The van der Waals surface area contributed by atoms with Crippen LogP contribution in [0.2, 0.25) is 0 Å². The van der Waals surface area contributed by atoms with E-state index in [4.69, 9.17) is 4.42 Å². The molecule has 3 aromatic rings. The molecule has 2 N–H and O–H groups in total. The average Bonchev–Trinajstić information content (AvgIpc) is 3.18. The van der Waals surface area contributed by atoms with Crippen molar-refractivity contribution in [1.29, 1.82) is 0 Å². The number of aromatic nitrogens is 2. The fourth-order valence-electron chi connectivity index (χ4n) is 1.88. The van der Waals surface area contributed by atoms with Gasteiger partial charge in [-0.25, -0.2) is 4.79 Å². The van der Waals surface area contributed by atoms with Gasteiger partial charge in [-0.05, 0) is 24.3 Å². The Kier molecular flexibility index (Phi) is 4.21. The fraction of sp³-hybridized carbons (Fsp3) is 0.0714. The van der Waals surface area contributed by atoms with Crippen LogP contribution in [0.5, 0.6) is 0 Å². The molecular weight excluding hydrogens is 345 g/mol. The molecule has 0 aliphatic heterocycles. The number of carbonyl (C=O) groups is 1. The molecule has 0 saturated carbocycles. The topological polar surface area (TPSA) is 80.0 Å². The van der Waals surface area contributed by atoms with E-state index in [2.05, 4.69) is 20.8 Å². The Labute approximate surface area is 137 Å². The SMILES string of the molecule is O=C(Nc1nnc(C(F)(F)F)s1)Nc1ccccc1-c1ccco1. The molecule has 2 amide bonds. The van der Waals surface area contributed by atoms with Crippen molar-refractivity contribution in [3.8, 4) is 11.3 Å². The second kappa shape index (κ2) is 6.32. The number of urea groups is 1. The van der Waals surface area contributed by atoms with Gasteiger partial charge >= 0.3 is 12.2 Å². The molecule has 0 aliphatic carbocycles. The highest BCUT2D eigenvalue weighted by atomic mass is 32.1. The zero-order valence-corrected chi connectivity index (χ0v) is 12.6. The predicted molar refractivity (Wildman–Crippen MR) is 81.7 cm³/mol. The van der Waals surface area contributed by atoms with Crippen molar-refractivity contribution in [1.82, 2.24) is 10.2 Å². The highest BCUT2D eigenvalue weighted by Crippen LogP contribution is 2.33. The zero-order chi connectivity index (χ0) is 17.2. The van der Waals surface area contributed by atoms with Crippen LogP contribution in [0.3, 0.4) is 0 Å². The zero-order valence-electron chi connectivity index (χ0n) is 11.8. The maximum Gasteiger partial charge on any atom is 0.445 e. The number of alkyl halides is 3. The van der Waals surface area contributed by atoms with E-state index in [-0.39, 0.29) is 16.5 Å². The Balaban J connectivity index is 1.73. The van der Waals surface area contributed by atoms with Crippen LogP contribution in [0.25, 0.3) is 11.3 Å². The molecule has 0 saturated heterocycles. The molecule has 3 rings (SSSR count). The van der Waals surface area contributed by atoms with E-state index in [1.165, 1.54) is 6.26 Å². The Morgan fingerprint density at radius 1 is 1.08 bits per heavy atom. The molecule has 0 unspecified atom stereocenters. The van der Waals surface area contributed by atoms with Crippen LogP contribution in [-0.2, 0) is 6.18 Å². The Morgan fingerprint density at radius 3 is 2.54 bits per heavy atom. The van der Waals surface area contributed by atoms with Crippen LogP contribution in [0, 0.1) is 0 Å². The summed E-state index contributed by atoms with van der Waals surface area (Å²) in [5, 5.41) is 9.66. The third-order valence-electron chi connectivity index (χ3n) is 2.85. The van der Waals surface area contributed by atoms with Gasteiger partial charge in [0.25, 0.3) is 0 Å². The monoisotopic (exact) mass is 354 g/mol. The first-order chi connectivity index (χ1) is 11.4. The number of amides is 2. The number of benzene rings is 1. The summed E-state index contributed by atoms with van der Waals surface area (Å²) in [4.78, 5) is 12.0. The molecule has 2 heterocycles. The summed E-state index contributed by atoms with van der Waals surface area (Å²) < 4.78 is 42.7. The van der Waals surface area contributed by atoms with E-state index < -0.39 is 17.2 Å². The summed E-state index contributed by atoms with van der Waals surface area (Å²) in [6, 6.07) is 9.53.